The number of nitrogens with one attached hydrogen (secondary N) is 1. The summed E-state index contributed by atoms with van der Waals surface area (Å²) in [6.45, 7) is 8.88. The lowest BCUT2D eigenvalue weighted by Gasteiger charge is -2.31. The van der Waals surface area contributed by atoms with Crippen molar-refractivity contribution < 1.29 is 4.79 Å². The summed E-state index contributed by atoms with van der Waals surface area (Å²) in [7, 11) is 0. The first-order valence-corrected chi connectivity index (χ1v) is 9.67. The lowest BCUT2D eigenvalue weighted by Crippen LogP contribution is -2.40. The second-order valence-electron chi connectivity index (χ2n) is 6.96. The average Bonchev–Trinajstić information content (AvgIpc) is 2.99. The summed E-state index contributed by atoms with van der Waals surface area (Å²) in [5.41, 5.74) is 2.29. The Kier molecular flexibility index (Phi) is 6.08. The lowest BCUT2D eigenvalue weighted by atomic mass is 9.96. The van der Waals surface area contributed by atoms with E-state index in [1.54, 1.807) is 0 Å². The second-order valence-corrected chi connectivity index (χ2v) is 6.96. The molecule has 1 aromatic carbocycles. The molecule has 0 aliphatic carbocycles. The molecular weight excluding hydrogens is 312 g/mol. The van der Waals surface area contributed by atoms with Crippen LogP contribution in [0.4, 0.5) is 0 Å². The molecule has 1 amide bonds. The molecule has 0 saturated carbocycles. The van der Waals surface area contributed by atoms with Crippen molar-refractivity contribution in [2.24, 2.45) is 5.92 Å². The number of unbranched alkanes of at least 4 members (excludes halogenated alkanes) is 1. The van der Waals surface area contributed by atoms with Crippen LogP contribution in [0.25, 0.3) is 11.0 Å². The number of rotatable bonds is 7. The fraction of sp³-hybridized carbons (Fsp3) is 0.600. The summed E-state index contributed by atoms with van der Waals surface area (Å²) in [6, 6.07) is 8.34. The highest BCUT2D eigenvalue weighted by atomic mass is 16.1. The zero-order valence-corrected chi connectivity index (χ0v) is 15.5. The fourth-order valence-electron chi connectivity index (χ4n) is 3.68. The first-order chi connectivity index (χ1) is 12.2. The zero-order valence-electron chi connectivity index (χ0n) is 15.5. The van der Waals surface area contributed by atoms with Crippen LogP contribution in [0.5, 0.6) is 0 Å². The monoisotopic (exact) mass is 342 g/mol. The molecule has 0 unspecified atom stereocenters. The maximum atomic E-state index is 12.2. The van der Waals surface area contributed by atoms with Crippen LogP contribution < -0.4 is 5.32 Å². The van der Waals surface area contributed by atoms with E-state index in [0.29, 0.717) is 0 Å². The smallest absolute Gasteiger partial charge is 0.223 e. The minimum atomic E-state index is 0.179. The topological polar surface area (TPSA) is 50.2 Å². The van der Waals surface area contributed by atoms with Gasteiger partial charge in [0.25, 0.3) is 0 Å². The highest BCUT2D eigenvalue weighted by Gasteiger charge is 2.25. The molecule has 2 aromatic rings. The van der Waals surface area contributed by atoms with Gasteiger partial charge in [0.1, 0.15) is 5.82 Å². The van der Waals surface area contributed by atoms with Crippen LogP contribution in [0.1, 0.15) is 45.4 Å². The molecule has 0 atom stereocenters. The van der Waals surface area contributed by atoms with Crippen molar-refractivity contribution >= 4 is 16.9 Å². The van der Waals surface area contributed by atoms with Crippen LogP contribution >= 0.6 is 0 Å². The number of nitrogens with zero attached hydrogens (tertiary/aromatic N) is 3. The Bertz CT molecular complexity index is 701. The van der Waals surface area contributed by atoms with E-state index in [1.807, 2.05) is 6.07 Å². The summed E-state index contributed by atoms with van der Waals surface area (Å²) in [4.78, 5) is 19.5. The standard InChI is InChI=1S/C20H30N4O/c1-3-5-12-21-20(25)16-10-13-23(14-11-16)15-19-22-17-8-6-7-9-18(17)24(19)4-2/h6-9,16H,3-5,10-15H2,1-2H3,(H,21,25). The van der Waals surface area contributed by atoms with E-state index in [-0.39, 0.29) is 11.8 Å². The zero-order chi connectivity index (χ0) is 17.6. The summed E-state index contributed by atoms with van der Waals surface area (Å²) >= 11 is 0. The van der Waals surface area contributed by atoms with Crippen molar-refractivity contribution in [2.75, 3.05) is 19.6 Å². The van der Waals surface area contributed by atoms with Crippen LogP contribution in [-0.4, -0.2) is 40.0 Å². The minimum absolute atomic E-state index is 0.179. The molecule has 0 bridgehead atoms. The highest BCUT2D eigenvalue weighted by molar-refractivity contribution is 5.78. The first kappa shape index (κ1) is 17.9. The van der Waals surface area contributed by atoms with Gasteiger partial charge in [-0.05, 0) is 51.4 Å². The van der Waals surface area contributed by atoms with Gasteiger partial charge in [-0.25, -0.2) is 4.98 Å². The van der Waals surface area contributed by atoms with E-state index in [0.717, 1.165) is 69.7 Å². The minimum Gasteiger partial charge on any atom is -0.356 e. The maximum Gasteiger partial charge on any atom is 0.223 e. The number of aryl methyl sites for hydroxylation is 1. The summed E-state index contributed by atoms with van der Waals surface area (Å²) in [5.74, 6) is 1.56. The molecule has 136 valence electrons. The number of carbonyl (C=O) groups excluding carboxylic acids is 1. The van der Waals surface area contributed by atoms with E-state index in [2.05, 4.69) is 46.8 Å². The van der Waals surface area contributed by atoms with Crippen molar-refractivity contribution in [3.05, 3.63) is 30.1 Å². The molecule has 1 aromatic heterocycles. The number of hydrogen-bond donors (Lipinski definition) is 1. The van der Waals surface area contributed by atoms with Crippen molar-refractivity contribution in [3.8, 4) is 0 Å². The third kappa shape index (κ3) is 4.21. The number of benzene rings is 1. The number of hydrogen-bond acceptors (Lipinski definition) is 3. The van der Waals surface area contributed by atoms with Crippen molar-refractivity contribution in [1.29, 1.82) is 0 Å². The first-order valence-electron chi connectivity index (χ1n) is 9.67. The number of amides is 1. The molecule has 5 nitrogen and oxygen atoms in total. The third-order valence-corrected chi connectivity index (χ3v) is 5.20. The number of carbonyl (C=O) groups is 1. The van der Waals surface area contributed by atoms with Gasteiger partial charge in [0.05, 0.1) is 17.6 Å². The molecule has 1 saturated heterocycles. The molecule has 1 aliphatic rings. The van der Waals surface area contributed by atoms with Gasteiger partial charge in [-0.2, -0.15) is 0 Å². The van der Waals surface area contributed by atoms with Gasteiger partial charge in [-0.3, -0.25) is 9.69 Å². The van der Waals surface area contributed by atoms with E-state index in [9.17, 15) is 4.79 Å². The van der Waals surface area contributed by atoms with Gasteiger partial charge in [-0.1, -0.05) is 25.5 Å². The SMILES string of the molecule is CCCCNC(=O)C1CCN(Cc2nc3ccccc3n2CC)CC1. The van der Waals surface area contributed by atoms with Gasteiger partial charge < -0.3 is 9.88 Å². The number of imidazole rings is 1. The summed E-state index contributed by atoms with van der Waals surface area (Å²) < 4.78 is 2.30. The Balaban J connectivity index is 1.57. The largest absolute Gasteiger partial charge is 0.356 e. The average molecular weight is 342 g/mol. The predicted molar refractivity (Wildman–Crippen MR) is 101 cm³/mol. The molecule has 1 N–H and O–H groups in total. The van der Waals surface area contributed by atoms with Gasteiger partial charge in [0.15, 0.2) is 0 Å². The Morgan fingerprint density at radius 2 is 2.00 bits per heavy atom. The van der Waals surface area contributed by atoms with Gasteiger partial charge in [0, 0.05) is 19.0 Å². The van der Waals surface area contributed by atoms with Crippen LogP contribution in [0.15, 0.2) is 24.3 Å². The van der Waals surface area contributed by atoms with Crippen LogP contribution in [0.3, 0.4) is 0 Å². The van der Waals surface area contributed by atoms with Crippen molar-refractivity contribution in [1.82, 2.24) is 19.8 Å². The van der Waals surface area contributed by atoms with E-state index in [1.165, 1.54) is 5.52 Å². The van der Waals surface area contributed by atoms with Gasteiger partial charge >= 0.3 is 0 Å². The molecule has 0 spiro atoms. The molecule has 1 fully saturated rings. The molecule has 1 aliphatic heterocycles. The fourth-order valence-corrected chi connectivity index (χ4v) is 3.68. The third-order valence-electron chi connectivity index (χ3n) is 5.20. The molecule has 25 heavy (non-hydrogen) atoms. The van der Waals surface area contributed by atoms with Gasteiger partial charge in [-0.15, -0.1) is 0 Å². The number of fused-ring (bicyclic) bond motifs is 1. The lowest BCUT2D eigenvalue weighted by molar-refractivity contribution is -0.126. The molecular formula is C20H30N4O. The maximum absolute atomic E-state index is 12.2. The number of likely N-dealkylation sites (tertiary alicyclic amines) is 1. The van der Waals surface area contributed by atoms with Gasteiger partial charge in [0.2, 0.25) is 5.91 Å². The Morgan fingerprint density at radius 3 is 2.72 bits per heavy atom. The number of para-hydroxylation sites is 2. The second kappa shape index (κ2) is 8.48. The molecule has 5 heteroatoms. The number of aromatic nitrogens is 2. The highest BCUT2D eigenvalue weighted by Crippen LogP contribution is 2.21. The van der Waals surface area contributed by atoms with Crippen LogP contribution in [0, 0.1) is 5.92 Å². The van der Waals surface area contributed by atoms with Crippen molar-refractivity contribution in [2.45, 2.75) is 52.6 Å². The Labute approximate surface area is 150 Å². The molecule has 3 rings (SSSR count). The van der Waals surface area contributed by atoms with E-state index >= 15 is 0 Å². The quantitative estimate of drug-likeness (QED) is 0.786. The predicted octanol–water partition coefficient (Wildman–Crippen LogP) is 3.18. The van der Waals surface area contributed by atoms with Crippen molar-refractivity contribution in [3.63, 3.8) is 0 Å². The Hall–Kier alpha value is -1.88. The molecule has 2 heterocycles. The van der Waals surface area contributed by atoms with E-state index in [4.69, 9.17) is 4.98 Å². The normalized spacial score (nSPS) is 16.4. The van der Waals surface area contributed by atoms with E-state index < -0.39 is 0 Å². The Morgan fingerprint density at radius 1 is 1.24 bits per heavy atom. The van der Waals surface area contributed by atoms with Crippen LogP contribution in [-0.2, 0) is 17.9 Å². The molecule has 0 radical (unpaired) electrons. The summed E-state index contributed by atoms with van der Waals surface area (Å²) in [6.07, 6.45) is 4.09. The van der Waals surface area contributed by atoms with Crippen LogP contribution in [0.2, 0.25) is 0 Å². The summed E-state index contributed by atoms with van der Waals surface area (Å²) in [5, 5.41) is 3.08. The number of piperidine rings is 1.